The molecule has 2 N–H and O–H groups in total. The number of hydrogen-bond donors (Lipinski definition) is 2. The minimum atomic E-state index is -0.568. The maximum absolute atomic E-state index is 12.3. The number of aliphatic hydroxyl groups excluding tert-OH is 1. The summed E-state index contributed by atoms with van der Waals surface area (Å²) in [6.45, 7) is 5.49. The topological polar surface area (TPSA) is 72.9 Å². The van der Waals surface area contributed by atoms with Crippen LogP contribution in [-0.4, -0.2) is 65.5 Å². The van der Waals surface area contributed by atoms with Gasteiger partial charge in [0.15, 0.2) is 0 Å². The summed E-state index contributed by atoms with van der Waals surface area (Å²) in [7, 11) is 0. The molecule has 0 bridgehead atoms. The highest BCUT2D eigenvalue weighted by Crippen LogP contribution is 2.19. The third-order valence-electron chi connectivity index (χ3n) is 5.50. The zero-order valence-corrected chi connectivity index (χ0v) is 15.5. The highest BCUT2D eigenvalue weighted by Gasteiger charge is 2.26. The highest BCUT2D eigenvalue weighted by molar-refractivity contribution is 5.79. The molecule has 26 heavy (non-hydrogen) atoms. The van der Waals surface area contributed by atoms with Gasteiger partial charge in [-0.15, -0.1) is 0 Å². The number of hydrogen-bond acceptors (Lipinski definition) is 4. The molecule has 1 saturated heterocycles. The predicted octanol–water partition coefficient (Wildman–Crippen LogP) is 0.780. The number of benzene rings is 1. The molecule has 0 aliphatic carbocycles. The van der Waals surface area contributed by atoms with Crippen molar-refractivity contribution in [1.29, 1.82) is 0 Å². The van der Waals surface area contributed by atoms with E-state index in [2.05, 4.69) is 34.5 Å². The van der Waals surface area contributed by atoms with E-state index in [-0.39, 0.29) is 24.3 Å². The SMILES string of the molecule is CC(=O)N1CCC(C(=O)NC[C@@H](O)CN2CCc3ccccc3C2)CC1. The Balaban J connectivity index is 1.38. The van der Waals surface area contributed by atoms with Crippen molar-refractivity contribution >= 4 is 11.8 Å². The van der Waals surface area contributed by atoms with Crippen molar-refractivity contribution in [3.05, 3.63) is 35.4 Å². The van der Waals surface area contributed by atoms with Gasteiger partial charge in [-0.25, -0.2) is 0 Å². The van der Waals surface area contributed by atoms with Crippen LogP contribution in [-0.2, 0) is 22.6 Å². The predicted molar refractivity (Wildman–Crippen MR) is 99.4 cm³/mol. The molecule has 1 aromatic carbocycles. The minimum Gasteiger partial charge on any atom is -0.390 e. The number of nitrogens with zero attached hydrogens (tertiary/aromatic N) is 2. The van der Waals surface area contributed by atoms with Gasteiger partial charge in [0.2, 0.25) is 11.8 Å². The molecule has 0 aromatic heterocycles. The smallest absolute Gasteiger partial charge is 0.223 e. The molecule has 2 heterocycles. The number of fused-ring (bicyclic) bond motifs is 1. The number of likely N-dealkylation sites (tertiary alicyclic amines) is 1. The first-order chi connectivity index (χ1) is 12.5. The Hall–Kier alpha value is -1.92. The first kappa shape index (κ1) is 18.9. The number of piperidine rings is 1. The summed E-state index contributed by atoms with van der Waals surface area (Å²) in [5.74, 6) is 0.0123. The quantitative estimate of drug-likeness (QED) is 0.815. The van der Waals surface area contributed by atoms with Crippen LogP contribution in [0.4, 0.5) is 0 Å². The Labute approximate surface area is 155 Å². The average molecular weight is 359 g/mol. The highest BCUT2D eigenvalue weighted by atomic mass is 16.3. The number of nitrogens with one attached hydrogen (secondary N) is 1. The molecular weight excluding hydrogens is 330 g/mol. The summed E-state index contributed by atoms with van der Waals surface area (Å²) >= 11 is 0. The van der Waals surface area contributed by atoms with Gasteiger partial charge in [0, 0.05) is 52.1 Å². The van der Waals surface area contributed by atoms with E-state index in [1.165, 1.54) is 11.1 Å². The van der Waals surface area contributed by atoms with Crippen LogP contribution in [0.3, 0.4) is 0 Å². The van der Waals surface area contributed by atoms with Crippen LogP contribution in [0.15, 0.2) is 24.3 Å². The van der Waals surface area contributed by atoms with Gasteiger partial charge < -0.3 is 15.3 Å². The molecule has 6 nitrogen and oxygen atoms in total. The summed E-state index contributed by atoms with van der Waals surface area (Å²) in [4.78, 5) is 27.7. The van der Waals surface area contributed by atoms with Gasteiger partial charge in [0.25, 0.3) is 0 Å². The number of β-amino-alcohol motifs (C(OH)–C–C–N with tert-alkyl or cyclic N) is 1. The second-order valence-electron chi connectivity index (χ2n) is 7.43. The molecule has 0 radical (unpaired) electrons. The van der Waals surface area contributed by atoms with Crippen LogP contribution in [0.1, 0.15) is 30.9 Å². The second-order valence-corrected chi connectivity index (χ2v) is 7.43. The number of aliphatic hydroxyl groups is 1. The average Bonchev–Trinajstić information content (AvgIpc) is 2.66. The van der Waals surface area contributed by atoms with Gasteiger partial charge in [-0.1, -0.05) is 24.3 Å². The van der Waals surface area contributed by atoms with Crippen LogP contribution < -0.4 is 5.32 Å². The van der Waals surface area contributed by atoms with Gasteiger partial charge in [-0.05, 0) is 30.4 Å². The van der Waals surface area contributed by atoms with Crippen LogP contribution >= 0.6 is 0 Å². The molecule has 1 atom stereocenters. The zero-order chi connectivity index (χ0) is 18.5. The molecular formula is C20H29N3O3. The molecule has 2 aliphatic heterocycles. The standard InChI is InChI=1S/C20H29N3O3/c1-15(24)23-10-7-17(8-11-23)20(26)21-12-19(25)14-22-9-6-16-4-2-3-5-18(16)13-22/h2-5,17,19,25H,6-14H2,1H3,(H,21,26)/t19-/m1/s1. The third kappa shape index (κ3) is 4.83. The van der Waals surface area contributed by atoms with E-state index in [4.69, 9.17) is 0 Å². The third-order valence-corrected chi connectivity index (χ3v) is 5.50. The fraction of sp³-hybridized carbons (Fsp3) is 0.600. The van der Waals surface area contributed by atoms with E-state index in [0.29, 0.717) is 32.5 Å². The van der Waals surface area contributed by atoms with E-state index >= 15 is 0 Å². The number of carbonyl (C=O) groups excluding carboxylic acids is 2. The van der Waals surface area contributed by atoms with E-state index in [1.54, 1.807) is 11.8 Å². The van der Waals surface area contributed by atoms with Crippen LogP contribution in [0.25, 0.3) is 0 Å². The summed E-state index contributed by atoms with van der Waals surface area (Å²) in [5, 5.41) is 13.2. The van der Waals surface area contributed by atoms with Crippen LogP contribution in [0.2, 0.25) is 0 Å². The molecule has 3 rings (SSSR count). The van der Waals surface area contributed by atoms with Gasteiger partial charge in [-0.2, -0.15) is 0 Å². The number of carbonyl (C=O) groups is 2. The van der Waals surface area contributed by atoms with Crippen molar-refractivity contribution in [2.24, 2.45) is 5.92 Å². The number of rotatable bonds is 5. The summed E-state index contributed by atoms with van der Waals surface area (Å²) < 4.78 is 0. The molecule has 2 amide bonds. The van der Waals surface area contributed by atoms with E-state index in [0.717, 1.165) is 19.5 Å². The van der Waals surface area contributed by atoms with Crippen molar-refractivity contribution in [3.63, 3.8) is 0 Å². The minimum absolute atomic E-state index is 0.00348. The lowest BCUT2D eigenvalue weighted by molar-refractivity contribution is -0.134. The second kappa shape index (κ2) is 8.64. The maximum Gasteiger partial charge on any atom is 0.223 e. The van der Waals surface area contributed by atoms with Gasteiger partial charge in [0.05, 0.1) is 6.10 Å². The molecule has 142 valence electrons. The zero-order valence-electron chi connectivity index (χ0n) is 15.5. The molecule has 0 spiro atoms. The van der Waals surface area contributed by atoms with Gasteiger partial charge >= 0.3 is 0 Å². The largest absolute Gasteiger partial charge is 0.390 e. The Bertz CT molecular complexity index is 641. The molecule has 1 aromatic rings. The normalized spacial score (nSPS) is 19.7. The Morgan fingerprint density at radius 3 is 2.58 bits per heavy atom. The lowest BCUT2D eigenvalue weighted by Crippen LogP contribution is -2.45. The molecule has 0 saturated carbocycles. The molecule has 1 fully saturated rings. The van der Waals surface area contributed by atoms with Gasteiger partial charge in [0.1, 0.15) is 0 Å². The number of amides is 2. The van der Waals surface area contributed by atoms with Crippen molar-refractivity contribution in [2.75, 3.05) is 32.7 Å². The first-order valence-corrected chi connectivity index (χ1v) is 9.53. The maximum atomic E-state index is 12.3. The Kier molecular flexibility index (Phi) is 6.27. The van der Waals surface area contributed by atoms with E-state index < -0.39 is 6.10 Å². The summed E-state index contributed by atoms with van der Waals surface area (Å²) in [5.41, 5.74) is 2.72. The van der Waals surface area contributed by atoms with Crippen molar-refractivity contribution in [3.8, 4) is 0 Å². The molecule has 2 aliphatic rings. The lowest BCUT2D eigenvalue weighted by atomic mass is 9.96. The fourth-order valence-corrected chi connectivity index (χ4v) is 3.89. The van der Waals surface area contributed by atoms with Crippen molar-refractivity contribution in [2.45, 2.75) is 38.8 Å². The lowest BCUT2D eigenvalue weighted by Gasteiger charge is -2.32. The first-order valence-electron chi connectivity index (χ1n) is 9.53. The van der Waals surface area contributed by atoms with Crippen molar-refractivity contribution in [1.82, 2.24) is 15.1 Å². The van der Waals surface area contributed by atoms with E-state index in [9.17, 15) is 14.7 Å². The fourth-order valence-electron chi connectivity index (χ4n) is 3.89. The Morgan fingerprint density at radius 2 is 1.88 bits per heavy atom. The van der Waals surface area contributed by atoms with E-state index in [1.807, 2.05) is 0 Å². The Morgan fingerprint density at radius 1 is 1.19 bits per heavy atom. The monoisotopic (exact) mass is 359 g/mol. The van der Waals surface area contributed by atoms with Crippen molar-refractivity contribution < 1.29 is 14.7 Å². The molecule has 6 heteroatoms. The van der Waals surface area contributed by atoms with Crippen LogP contribution in [0.5, 0.6) is 0 Å². The summed E-state index contributed by atoms with van der Waals surface area (Å²) in [6.07, 6.45) is 1.83. The van der Waals surface area contributed by atoms with Crippen LogP contribution in [0, 0.1) is 5.92 Å². The van der Waals surface area contributed by atoms with Gasteiger partial charge in [-0.3, -0.25) is 14.5 Å². The summed E-state index contributed by atoms with van der Waals surface area (Å²) in [6, 6.07) is 8.43. The molecule has 0 unspecified atom stereocenters.